The summed E-state index contributed by atoms with van der Waals surface area (Å²) in [4.78, 5) is 15.2. The van der Waals surface area contributed by atoms with Crippen LogP contribution in [0.4, 0.5) is 5.82 Å². The minimum absolute atomic E-state index is 0.0257. The van der Waals surface area contributed by atoms with Crippen molar-refractivity contribution < 1.29 is 14.6 Å². The summed E-state index contributed by atoms with van der Waals surface area (Å²) in [6, 6.07) is 3.35. The van der Waals surface area contributed by atoms with Crippen molar-refractivity contribution in [3.63, 3.8) is 0 Å². The van der Waals surface area contributed by atoms with Gasteiger partial charge in [0, 0.05) is 24.8 Å². The molecular formula is C13H18N2O3. The second kappa shape index (κ2) is 4.57. The molecule has 0 spiro atoms. The first kappa shape index (κ1) is 12.8. The smallest absolute Gasteiger partial charge is 0.339 e. The molecule has 1 aliphatic rings. The lowest BCUT2D eigenvalue weighted by Gasteiger charge is -2.51. The van der Waals surface area contributed by atoms with Crippen LogP contribution in [0, 0.1) is 5.41 Å². The maximum Gasteiger partial charge on any atom is 0.339 e. The molecule has 0 bridgehead atoms. The molecule has 0 aliphatic heterocycles. The van der Waals surface area contributed by atoms with Crippen LogP contribution in [0.15, 0.2) is 18.3 Å². The Hall–Kier alpha value is -1.62. The minimum atomic E-state index is -0.967. The van der Waals surface area contributed by atoms with Crippen molar-refractivity contribution in [2.24, 2.45) is 5.41 Å². The van der Waals surface area contributed by atoms with Gasteiger partial charge in [-0.2, -0.15) is 0 Å². The molecule has 98 valence electrons. The Bertz CT molecular complexity index is 459. The highest BCUT2D eigenvalue weighted by Crippen LogP contribution is 2.44. The molecule has 18 heavy (non-hydrogen) atoms. The second-order valence-corrected chi connectivity index (χ2v) is 5.18. The second-order valence-electron chi connectivity index (χ2n) is 5.18. The number of methoxy groups -OCH3 is 1. The third-order valence-corrected chi connectivity index (χ3v) is 3.81. The van der Waals surface area contributed by atoms with Crippen LogP contribution < -0.4 is 5.32 Å². The first-order valence-corrected chi connectivity index (χ1v) is 5.94. The van der Waals surface area contributed by atoms with Crippen molar-refractivity contribution >= 4 is 11.8 Å². The maximum absolute atomic E-state index is 11.1. The molecule has 2 atom stereocenters. The molecule has 1 aliphatic carbocycles. The molecule has 2 unspecified atom stereocenters. The van der Waals surface area contributed by atoms with Crippen molar-refractivity contribution in [3.8, 4) is 0 Å². The van der Waals surface area contributed by atoms with E-state index < -0.39 is 5.97 Å². The molecule has 1 saturated carbocycles. The fraction of sp³-hybridized carbons (Fsp3) is 0.538. The molecule has 1 heterocycles. The van der Waals surface area contributed by atoms with Gasteiger partial charge in [-0.3, -0.25) is 0 Å². The lowest BCUT2D eigenvalue weighted by molar-refractivity contribution is -0.0795. The number of carboxylic acids is 1. The van der Waals surface area contributed by atoms with E-state index in [4.69, 9.17) is 9.84 Å². The number of nitrogens with zero attached hydrogens (tertiary/aromatic N) is 1. The van der Waals surface area contributed by atoms with Gasteiger partial charge < -0.3 is 15.2 Å². The van der Waals surface area contributed by atoms with Crippen LogP contribution in [-0.4, -0.2) is 35.3 Å². The fourth-order valence-corrected chi connectivity index (χ4v) is 2.39. The Labute approximate surface area is 106 Å². The van der Waals surface area contributed by atoms with Gasteiger partial charge in [0.2, 0.25) is 0 Å². The molecule has 5 heteroatoms. The van der Waals surface area contributed by atoms with Crippen molar-refractivity contribution in [1.29, 1.82) is 0 Å². The van der Waals surface area contributed by atoms with E-state index in [1.165, 1.54) is 0 Å². The van der Waals surface area contributed by atoms with Crippen LogP contribution in [0.1, 0.15) is 30.6 Å². The molecule has 1 fully saturated rings. The van der Waals surface area contributed by atoms with Crippen LogP contribution in [-0.2, 0) is 4.74 Å². The first-order chi connectivity index (χ1) is 8.46. The lowest BCUT2D eigenvalue weighted by atomic mass is 9.64. The lowest BCUT2D eigenvalue weighted by Crippen LogP contribution is -2.57. The number of carbonyl (C=O) groups is 1. The number of pyridine rings is 1. The van der Waals surface area contributed by atoms with Crippen molar-refractivity contribution in [1.82, 2.24) is 4.98 Å². The number of anilines is 1. The van der Waals surface area contributed by atoms with Crippen LogP contribution in [0.5, 0.6) is 0 Å². The van der Waals surface area contributed by atoms with Gasteiger partial charge >= 0.3 is 5.97 Å². The summed E-state index contributed by atoms with van der Waals surface area (Å²) in [6.07, 6.45) is 2.65. The van der Waals surface area contributed by atoms with E-state index in [2.05, 4.69) is 24.1 Å². The molecule has 5 nitrogen and oxygen atoms in total. The van der Waals surface area contributed by atoms with Crippen LogP contribution in [0.25, 0.3) is 0 Å². The van der Waals surface area contributed by atoms with Gasteiger partial charge in [-0.25, -0.2) is 9.78 Å². The molecule has 0 amide bonds. The number of hydrogen-bond acceptors (Lipinski definition) is 4. The van der Waals surface area contributed by atoms with Crippen molar-refractivity contribution in [2.75, 3.05) is 12.4 Å². The average Bonchev–Trinajstić information content (AvgIpc) is 2.34. The summed E-state index contributed by atoms with van der Waals surface area (Å²) in [6.45, 7) is 4.21. The van der Waals surface area contributed by atoms with Gasteiger partial charge in [0.05, 0.1) is 6.10 Å². The third-order valence-electron chi connectivity index (χ3n) is 3.81. The summed E-state index contributed by atoms with van der Waals surface area (Å²) in [5.41, 5.74) is 0.177. The monoisotopic (exact) mass is 250 g/mol. The Morgan fingerprint density at radius 3 is 2.89 bits per heavy atom. The average molecular weight is 250 g/mol. The first-order valence-electron chi connectivity index (χ1n) is 5.94. The summed E-state index contributed by atoms with van der Waals surface area (Å²) in [7, 11) is 1.70. The summed E-state index contributed by atoms with van der Waals surface area (Å²) >= 11 is 0. The number of rotatable bonds is 4. The zero-order valence-corrected chi connectivity index (χ0v) is 10.8. The van der Waals surface area contributed by atoms with E-state index in [0.29, 0.717) is 5.82 Å². The summed E-state index contributed by atoms with van der Waals surface area (Å²) < 4.78 is 5.37. The topological polar surface area (TPSA) is 71.5 Å². The molecule has 1 aromatic rings. The van der Waals surface area contributed by atoms with E-state index in [1.807, 2.05) is 0 Å². The quantitative estimate of drug-likeness (QED) is 0.855. The fourth-order valence-electron chi connectivity index (χ4n) is 2.39. The standard InChI is InChI=1S/C13H18N2O3/c1-13(2)9(7-10(13)18-3)15-11-8(12(16)17)5-4-6-14-11/h4-6,9-10H,7H2,1-3H3,(H,14,15)(H,16,17). The van der Waals surface area contributed by atoms with Gasteiger partial charge in [-0.1, -0.05) is 13.8 Å². The van der Waals surface area contributed by atoms with Crippen LogP contribution in [0.2, 0.25) is 0 Å². The number of nitrogens with one attached hydrogen (secondary N) is 1. The molecule has 2 N–H and O–H groups in total. The minimum Gasteiger partial charge on any atom is -0.478 e. The van der Waals surface area contributed by atoms with E-state index in [-0.39, 0.29) is 23.1 Å². The van der Waals surface area contributed by atoms with Crippen LogP contribution in [0.3, 0.4) is 0 Å². The zero-order chi connectivity index (χ0) is 13.3. The highest BCUT2D eigenvalue weighted by atomic mass is 16.5. The Morgan fingerprint density at radius 2 is 2.33 bits per heavy atom. The van der Waals surface area contributed by atoms with Gasteiger partial charge in [-0.15, -0.1) is 0 Å². The largest absolute Gasteiger partial charge is 0.478 e. The predicted molar refractivity (Wildman–Crippen MR) is 67.8 cm³/mol. The predicted octanol–water partition coefficient (Wildman–Crippen LogP) is 2.01. The highest BCUT2D eigenvalue weighted by molar-refractivity contribution is 5.93. The van der Waals surface area contributed by atoms with Gasteiger partial charge in [0.25, 0.3) is 0 Å². The van der Waals surface area contributed by atoms with Crippen molar-refractivity contribution in [2.45, 2.75) is 32.4 Å². The number of hydrogen-bond donors (Lipinski definition) is 2. The normalized spacial score (nSPS) is 25.3. The maximum atomic E-state index is 11.1. The zero-order valence-electron chi connectivity index (χ0n) is 10.8. The molecular weight excluding hydrogens is 232 g/mol. The van der Waals surface area contributed by atoms with E-state index in [0.717, 1.165) is 6.42 Å². The van der Waals surface area contributed by atoms with E-state index in [1.54, 1.807) is 25.4 Å². The summed E-state index contributed by atoms with van der Waals surface area (Å²) in [5, 5.41) is 12.3. The van der Waals surface area contributed by atoms with E-state index >= 15 is 0 Å². The molecule has 2 rings (SSSR count). The Kier molecular flexibility index (Phi) is 3.26. The number of carboxylic acid groups (broad SMARTS) is 1. The highest BCUT2D eigenvalue weighted by Gasteiger charge is 2.48. The SMILES string of the molecule is COC1CC(Nc2ncccc2C(=O)O)C1(C)C. The molecule has 1 aromatic heterocycles. The van der Waals surface area contributed by atoms with Gasteiger partial charge in [-0.05, 0) is 18.6 Å². The Morgan fingerprint density at radius 1 is 1.61 bits per heavy atom. The molecule has 0 aromatic carbocycles. The van der Waals surface area contributed by atoms with Gasteiger partial charge in [0.1, 0.15) is 11.4 Å². The Balaban J connectivity index is 2.14. The summed E-state index contributed by atoms with van der Waals surface area (Å²) in [5.74, 6) is -0.538. The third kappa shape index (κ3) is 2.06. The van der Waals surface area contributed by atoms with E-state index in [9.17, 15) is 4.79 Å². The van der Waals surface area contributed by atoms with Crippen molar-refractivity contribution in [3.05, 3.63) is 23.9 Å². The molecule has 0 radical (unpaired) electrons. The molecule has 0 saturated heterocycles. The number of aromatic carboxylic acids is 1. The number of ether oxygens (including phenoxy) is 1. The number of aromatic nitrogens is 1. The van der Waals surface area contributed by atoms with Crippen LogP contribution >= 0.6 is 0 Å². The van der Waals surface area contributed by atoms with Gasteiger partial charge in [0.15, 0.2) is 0 Å².